The van der Waals surface area contributed by atoms with Crippen molar-refractivity contribution >= 4 is 17.4 Å². The molecule has 0 unspecified atom stereocenters. The first-order valence-corrected chi connectivity index (χ1v) is 8.71. The van der Waals surface area contributed by atoms with Crippen LogP contribution in [0.25, 0.3) is 0 Å². The molecule has 1 aliphatic heterocycles. The predicted molar refractivity (Wildman–Crippen MR) is 99.1 cm³/mol. The Labute approximate surface area is 148 Å². The third-order valence-electron chi connectivity index (χ3n) is 4.73. The van der Waals surface area contributed by atoms with Gasteiger partial charge in [-0.3, -0.25) is 5.10 Å². The van der Waals surface area contributed by atoms with Crippen LogP contribution in [0.5, 0.6) is 0 Å². The van der Waals surface area contributed by atoms with Gasteiger partial charge in [-0.05, 0) is 45.4 Å². The van der Waals surface area contributed by atoms with Crippen LogP contribution >= 0.6 is 0 Å². The highest BCUT2D eigenvalue weighted by Crippen LogP contribution is 2.26. The highest BCUT2D eigenvalue weighted by Gasteiger charge is 2.29. The third kappa shape index (κ3) is 3.92. The summed E-state index contributed by atoms with van der Waals surface area (Å²) in [5, 5.41) is 10.1. The van der Waals surface area contributed by atoms with Gasteiger partial charge < -0.3 is 15.1 Å². The van der Waals surface area contributed by atoms with E-state index in [0.717, 1.165) is 36.0 Å². The molecule has 2 N–H and O–H groups in total. The van der Waals surface area contributed by atoms with Crippen LogP contribution in [0.2, 0.25) is 0 Å². The fourth-order valence-electron chi connectivity index (χ4n) is 3.00. The van der Waals surface area contributed by atoms with E-state index in [1.54, 1.807) is 0 Å². The number of aromatic amines is 1. The molecular weight excluding hydrogens is 316 g/mol. The van der Waals surface area contributed by atoms with Crippen LogP contribution in [0.1, 0.15) is 37.8 Å². The fourth-order valence-corrected chi connectivity index (χ4v) is 3.00. The minimum atomic E-state index is -0.0703. The maximum Gasteiger partial charge on any atom is 0.321 e. The molecule has 1 aliphatic rings. The van der Waals surface area contributed by atoms with E-state index in [-0.39, 0.29) is 11.9 Å². The van der Waals surface area contributed by atoms with Crippen molar-refractivity contribution in [2.45, 2.75) is 39.2 Å². The Morgan fingerprint density at radius 3 is 2.92 bits per heavy atom. The van der Waals surface area contributed by atoms with Crippen LogP contribution in [0.15, 0.2) is 24.3 Å². The Morgan fingerprint density at radius 2 is 2.24 bits per heavy atom. The Kier molecular flexibility index (Phi) is 4.92. The van der Waals surface area contributed by atoms with Crippen molar-refractivity contribution in [3.63, 3.8) is 0 Å². The maximum absolute atomic E-state index is 12.6. The molecule has 3 rings (SSSR count). The average Bonchev–Trinajstić information content (AvgIpc) is 3.23. The number of benzene rings is 1. The molecule has 2 amide bonds. The van der Waals surface area contributed by atoms with E-state index in [2.05, 4.69) is 46.3 Å². The number of rotatable bonds is 4. The number of nitrogens with one attached hydrogen (secondary N) is 2. The third-order valence-corrected chi connectivity index (χ3v) is 4.73. The first kappa shape index (κ1) is 17.3. The van der Waals surface area contributed by atoms with Crippen LogP contribution in [-0.2, 0) is 0 Å². The predicted octanol–water partition coefficient (Wildman–Crippen LogP) is 2.98. The number of H-pyrrole nitrogens is 1. The van der Waals surface area contributed by atoms with Crippen molar-refractivity contribution in [3.05, 3.63) is 35.9 Å². The van der Waals surface area contributed by atoms with Gasteiger partial charge in [0, 0.05) is 43.5 Å². The van der Waals surface area contributed by atoms with Crippen molar-refractivity contribution in [1.82, 2.24) is 20.1 Å². The van der Waals surface area contributed by atoms with E-state index in [1.807, 2.05) is 36.1 Å². The van der Waals surface area contributed by atoms with Gasteiger partial charge in [-0.15, -0.1) is 0 Å². The van der Waals surface area contributed by atoms with Crippen LogP contribution in [-0.4, -0.2) is 52.3 Å². The molecule has 0 bridgehead atoms. The summed E-state index contributed by atoms with van der Waals surface area (Å²) < 4.78 is 0. The maximum atomic E-state index is 12.6. The Bertz CT molecular complexity index is 741. The van der Waals surface area contributed by atoms with Gasteiger partial charge in [0.1, 0.15) is 5.82 Å². The highest BCUT2D eigenvalue weighted by molar-refractivity contribution is 5.90. The summed E-state index contributed by atoms with van der Waals surface area (Å²) in [6, 6.07) is 8.26. The van der Waals surface area contributed by atoms with Gasteiger partial charge in [0.25, 0.3) is 0 Å². The van der Waals surface area contributed by atoms with E-state index in [9.17, 15) is 4.79 Å². The van der Waals surface area contributed by atoms with E-state index in [4.69, 9.17) is 0 Å². The summed E-state index contributed by atoms with van der Waals surface area (Å²) >= 11 is 0. The molecule has 2 aromatic rings. The monoisotopic (exact) mass is 342 g/mol. The molecule has 1 fully saturated rings. The van der Waals surface area contributed by atoms with Crippen LogP contribution < -0.4 is 10.2 Å². The Hall–Kier alpha value is -2.57. The van der Waals surface area contributed by atoms with E-state index in [0.29, 0.717) is 12.6 Å². The van der Waals surface area contributed by atoms with Gasteiger partial charge in [-0.2, -0.15) is 5.10 Å². The first-order valence-electron chi connectivity index (χ1n) is 8.71. The van der Waals surface area contributed by atoms with Crippen LogP contribution in [0.4, 0.5) is 16.2 Å². The zero-order valence-electron chi connectivity index (χ0n) is 15.3. The van der Waals surface area contributed by atoms with Gasteiger partial charge in [0.05, 0.1) is 0 Å². The topological polar surface area (TPSA) is 77.2 Å². The number of amides is 2. The molecule has 0 aliphatic carbocycles. The second-order valence-electron chi connectivity index (χ2n) is 6.90. The van der Waals surface area contributed by atoms with Crippen molar-refractivity contribution < 1.29 is 4.79 Å². The molecule has 0 spiro atoms. The fraction of sp³-hybridized carbons (Fsp3) is 0.500. The standard InChI is InChI=1S/C18H26N6O/c1-12(2)23(4)16-7-5-6-15(10-16)20-18(25)24-9-8-14(11-24)17-19-13(3)21-22-17/h5-7,10,12,14H,8-9,11H2,1-4H3,(H,20,25)(H,19,21,22)/t14-/m0/s1. The van der Waals surface area contributed by atoms with Crippen molar-refractivity contribution in [3.8, 4) is 0 Å². The summed E-state index contributed by atoms with van der Waals surface area (Å²) in [6.07, 6.45) is 0.890. The number of hydrogen-bond donors (Lipinski definition) is 2. The second-order valence-corrected chi connectivity index (χ2v) is 6.90. The first-order chi connectivity index (χ1) is 11.9. The molecule has 134 valence electrons. The average molecular weight is 342 g/mol. The number of anilines is 2. The molecule has 25 heavy (non-hydrogen) atoms. The SMILES string of the molecule is Cc1nc([C@H]2CCN(C(=O)Nc3cccc(N(C)C(C)C)c3)C2)n[nH]1. The number of carbonyl (C=O) groups excluding carboxylic acids is 1. The van der Waals surface area contributed by atoms with Crippen LogP contribution in [0.3, 0.4) is 0 Å². The molecule has 1 atom stereocenters. The van der Waals surface area contributed by atoms with Crippen molar-refractivity contribution in [2.24, 2.45) is 0 Å². The van der Waals surface area contributed by atoms with E-state index in [1.165, 1.54) is 0 Å². The van der Waals surface area contributed by atoms with Gasteiger partial charge in [0.2, 0.25) is 0 Å². The molecule has 0 saturated carbocycles. The molecule has 7 nitrogen and oxygen atoms in total. The van der Waals surface area contributed by atoms with E-state index < -0.39 is 0 Å². The summed E-state index contributed by atoms with van der Waals surface area (Å²) in [5.74, 6) is 1.81. The lowest BCUT2D eigenvalue weighted by Gasteiger charge is -2.24. The number of urea groups is 1. The largest absolute Gasteiger partial charge is 0.372 e. The zero-order valence-corrected chi connectivity index (χ0v) is 15.3. The number of nitrogens with zero attached hydrogens (tertiary/aromatic N) is 4. The number of carbonyl (C=O) groups is 1. The molecule has 1 aromatic carbocycles. The Morgan fingerprint density at radius 1 is 1.44 bits per heavy atom. The van der Waals surface area contributed by atoms with Crippen molar-refractivity contribution in [2.75, 3.05) is 30.4 Å². The molecule has 1 saturated heterocycles. The van der Waals surface area contributed by atoms with Crippen LogP contribution in [0, 0.1) is 6.92 Å². The highest BCUT2D eigenvalue weighted by atomic mass is 16.2. The minimum Gasteiger partial charge on any atom is -0.372 e. The molecule has 1 aromatic heterocycles. The smallest absolute Gasteiger partial charge is 0.321 e. The zero-order chi connectivity index (χ0) is 18.0. The van der Waals surface area contributed by atoms with E-state index >= 15 is 0 Å². The summed E-state index contributed by atoms with van der Waals surface area (Å²) in [7, 11) is 2.05. The summed E-state index contributed by atoms with van der Waals surface area (Å²) in [5.41, 5.74) is 1.90. The van der Waals surface area contributed by atoms with Gasteiger partial charge in [0.15, 0.2) is 5.82 Å². The lowest BCUT2D eigenvalue weighted by atomic mass is 10.1. The lowest BCUT2D eigenvalue weighted by Crippen LogP contribution is -2.33. The van der Waals surface area contributed by atoms with Gasteiger partial charge in [-0.25, -0.2) is 9.78 Å². The summed E-state index contributed by atoms with van der Waals surface area (Å²) in [4.78, 5) is 21.0. The minimum absolute atomic E-state index is 0.0703. The Balaban J connectivity index is 1.62. The molecule has 7 heteroatoms. The molecule has 2 heterocycles. The summed E-state index contributed by atoms with van der Waals surface area (Å²) in [6.45, 7) is 7.53. The number of hydrogen-bond acceptors (Lipinski definition) is 4. The normalized spacial score (nSPS) is 17.2. The van der Waals surface area contributed by atoms with Gasteiger partial charge in [-0.1, -0.05) is 6.07 Å². The van der Waals surface area contributed by atoms with Crippen molar-refractivity contribution in [1.29, 1.82) is 0 Å². The second kappa shape index (κ2) is 7.13. The number of aryl methyl sites for hydroxylation is 1. The quantitative estimate of drug-likeness (QED) is 0.895. The lowest BCUT2D eigenvalue weighted by molar-refractivity contribution is 0.222. The number of aromatic nitrogens is 3. The molecular formula is C18H26N6O. The van der Waals surface area contributed by atoms with Gasteiger partial charge >= 0.3 is 6.03 Å². The molecule has 0 radical (unpaired) electrons. The number of likely N-dealkylation sites (tertiary alicyclic amines) is 1.